The van der Waals surface area contributed by atoms with Crippen molar-refractivity contribution in [2.45, 2.75) is 0 Å². The van der Waals surface area contributed by atoms with Crippen LogP contribution in [0, 0.1) is 0 Å². The summed E-state index contributed by atoms with van der Waals surface area (Å²) in [5, 5.41) is 20.0. The Kier molecular flexibility index (Phi) is 2.64. The first-order valence-corrected chi connectivity index (χ1v) is 6.00. The number of carboxylic acid groups (broad SMARTS) is 2. The van der Waals surface area contributed by atoms with Gasteiger partial charge in [0, 0.05) is 6.08 Å². The maximum Gasteiger partial charge on any atom is 0.336 e. The molecule has 4 nitrogen and oxygen atoms in total. The maximum absolute atomic E-state index is 11.5. The first-order valence-electron chi connectivity index (χ1n) is 6.00. The summed E-state index contributed by atoms with van der Waals surface area (Å²) in [6, 6.07) is 11.0. The lowest BCUT2D eigenvalue weighted by atomic mass is 10.0. The van der Waals surface area contributed by atoms with E-state index in [0.717, 1.165) is 22.4 Å². The summed E-state index contributed by atoms with van der Waals surface area (Å²) in [5.74, 6) is -2.16. The third kappa shape index (κ3) is 1.70. The minimum atomic E-state index is -1.11. The van der Waals surface area contributed by atoms with Crippen LogP contribution in [0.3, 0.4) is 0 Å². The van der Waals surface area contributed by atoms with Crippen LogP contribution in [0.5, 0.6) is 0 Å². The highest BCUT2D eigenvalue weighted by molar-refractivity contribution is 6.33. The normalized spacial score (nSPS) is 13.4. The molecular formula is C16H10O4. The molecule has 0 bridgehead atoms. The Hall–Kier alpha value is -2.88. The zero-order chi connectivity index (χ0) is 14.3. The van der Waals surface area contributed by atoms with Gasteiger partial charge in [0.15, 0.2) is 0 Å². The molecule has 0 heterocycles. The molecule has 0 aliphatic heterocycles. The average molecular weight is 266 g/mol. The number of hydrogen-bond acceptors (Lipinski definition) is 2. The van der Waals surface area contributed by atoms with Crippen LogP contribution in [0.1, 0.15) is 11.1 Å². The molecule has 0 aromatic heterocycles. The molecule has 98 valence electrons. The predicted molar refractivity (Wildman–Crippen MR) is 75.2 cm³/mol. The molecule has 20 heavy (non-hydrogen) atoms. The van der Waals surface area contributed by atoms with Crippen molar-refractivity contribution in [2.75, 3.05) is 0 Å². The van der Waals surface area contributed by atoms with Crippen LogP contribution in [0.2, 0.25) is 0 Å². The summed E-state index contributed by atoms with van der Waals surface area (Å²) in [7, 11) is 0. The Morgan fingerprint density at radius 1 is 0.950 bits per heavy atom. The van der Waals surface area contributed by atoms with E-state index >= 15 is 0 Å². The van der Waals surface area contributed by atoms with E-state index in [2.05, 4.69) is 0 Å². The van der Waals surface area contributed by atoms with E-state index in [1.807, 2.05) is 24.3 Å². The Morgan fingerprint density at radius 3 is 2.20 bits per heavy atom. The van der Waals surface area contributed by atoms with Gasteiger partial charge in [-0.2, -0.15) is 0 Å². The van der Waals surface area contributed by atoms with Crippen LogP contribution < -0.4 is 0 Å². The van der Waals surface area contributed by atoms with Crippen LogP contribution >= 0.6 is 0 Å². The van der Waals surface area contributed by atoms with Crippen LogP contribution in [0.25, 0.3) is 21.9 Å². The number of allylic oxidation sites excluding steroid dienone is 2. The first kappa shape index (κ1) is 12.2. The Labute approximate surface area is 114 Å². The average Bonchev–Trinajstić information content (AvgIpc) is 2.73. The zero-order valence-electron chi connectivity index (χ0n) is 10.3. The number of carboxylic acids is 2. The van der Waals surface area contributed by atoms with Gasteiger partial charge in [-0.05, 0) is 33.5 Å². The lowest BCUT2D eigenvalue weighted by Gasteiger charge is -2.01. The van der Waals surface area contributed by atoms with Gasteiger partial charge in [-0.25, -0.2) is 9.59 Å². The fourth-order valence-electron chi connectivity index (χ4n) is 2.61. The highest BCUT2D eigenvalue weighted by Crippen LogP contribution is 2.42. The van der Waals surface area contributed by atoms with Crippen molar-refractivity contribution < 1.29 is 19.8 Å². The smallest absolute Gasteiger partial charge is 0.336 e. The van der Waals surface area contributed by atoms with Crippen molar-refractivity contribution in [3.8, 4) is 0 Å². The van der Waals surface area contributed by atoms with E-state index in [9.17, 15) is 14.7 Å². The Balaban J connectivity index is 2.36. The molecule has 2 N–H and O–H groups in total. The SMILES string of the molecule is O=C(O)C=CC1=C(C(=O)O)c2cccc3cccc1c23. The van der Waals surface area contributed by atoms with Crippen molar-refractivity contribution >= 4 is 33.9 Å². The first-order chi connectivity index (χ1) is 9.59. The molecule has 2 aromatic carbocycles. The van der Waals surface area contributed by atoms with Gasteiger partial charge in [-0.15, -0.1) is 0 Å². The molecule has 0 saturated heterocycles. The van der Waals surface area contributed by atoms with Crippen LogP contribution in [0.15, 0.2) is 48.6 Å². The van der Waals surface area contributed by atoms with Crippen molar-refractivity contribution in [1.82, 2.24) is 0 Å². The Morgan fingerprint density at radius 2 is 1.60 bits per heavy atom. The van der Waals surface area contributed by atoms with Gasteiger partial charge >= 0.3 is 11.9 Å². The predicted octanol–water partition coefficient (Wildman–Crippen LogP) is 2.79. The number of aliphatic carboxylic acids is 2. The molecular weight excluding hydrogens is 256 g/mol. The zero-order valence-corrected chi connectivity index (χ0v) is 10.3. The second-order valence-corrected chi connectivity index (χ2v) is 4.47. The van der Waals surface area contributed by atoms with Crippen LogP contribution in [0.4, 0.5) is 0 Å². The van der Waals surface area contributed by atoms with Crippen molar-refractivity contribution in [3.05, 3.63) is 59.7 Å². The molecule has 0 unspecified atom stereocenters. The highest BCUT2D eigenvalue weighted by Gasteiger charge is 2.26. The highest BCUT2D eigenvalue weighted by atomic mass is 16.4. The van der Waals surface area contributed by atoms with Gasteiger partial charge in [-0.3, -0.25) is 0 Å². The van der Waals surface area contributed by atoms with E-state index in [1.54, 1.807) is 12.1 Å². The minimum Gasteiger partial charge on any atom is -0.478 e. The summed E-state index contributed by atoms with van der Waals surface area (Å²) in [6.45, 7) is 0. The molecule has 0 spiro atoms. The second kappa shape index (κ2) is 4.35. The summed E-state index contributed by atoms with van der Waals surface area (Å²) in [6.07, 6.45) is 2.31. The maximum atomic E-state index is 11.5. The standard InChI is InChI=1S/C16H10O4/c17-13(18)8-7-11-10-5-1-3-9-4-2-6-12(14(9)10)15(11)16(19)20/h1-8H,(H,17,18)(H,19,20). The fraction of sp³-hybridized carbons (Fsp3) is 0. The fourth-order valence-corrected chi connectivity index (χ4v) is 2.61. The monoisotopic (exact) mass is 266 g/mol. The molecule has 0 radical (unpaired) electrons. The number of hydrogen-bond donors (Lipinski definition) is 2. The topological polar surface area (TPSA) is 74.6 Å². The van der Waals surface area contributed by atoms with Crippen molar-refractivity contribution in [2.24, 2.45) is 0 Å². The third-order valence-corrected chi connectivity index (χ3v) is 3.34. The summed E-state index contributed by atoms with van der Waals surface area (Å²) in [5.41, 5.74) is 1.98. The van der Waals surface area contributed by atoms with Crippen LogP contribution in [-0.4, -0.2) is 22.2 Å². The minimum absolute atomic E-state index is 0.148. The molecule has 1 aliphatic carbocycles. The van der Waals surface area contributed by atoms with Gasteiger partial charge in [0.25, 0.3) is 0 Å². The van der Waals surface area contributed by atoms with E-state index in [4.69, 9.17) is 5.11 Å². The van der Waals surface area contributed by atoms with Gasteiger partial charge < -0.3 is 10.2 Å². The van der Waals surface area contributed by atoms with Gasteiger partial charge in [0.2, 0.25) is 0 Å². The Bertz CT molecular complexity index is 807. The molecule has 0 amide bonds. The molecule has 0 fully saturated rings. The van der Waals surface area contributed by atoms with Gasteiger partial charge in [-0.1, -0.05) is 36.4 Å². The van der Waals surface area contributed by atoms with Crippen molar-refractivity contribution in [1.29, 1.82) is 0 Å². The van der Waals surface area contributed by atoms with E-state index in [-0.39, 0.29) is 5.57 Å². The van der Waals surface area contributed by atoms with E-state index in [0.29, 0.717) is 11.1 Å². The molecule has 1 aliphatic rings. The lowest BCUT2D eigenvalue weighted by molar-refractivity contribution is -0.132. The molecule has 2 aromatic rings. The lowest BCUT2D eigenvalue weighted by Crippen LogP contribution is -1.99. The number of benzene rings is 2. The van der Waals surface area contributed by atoms with Crippen LogP contribution in [-0.2, 0) is 9.59 Å². The van der Waals surface area contributed by atoms with Gasteiger partial charge in [0.05, 0.1) is 5.57 Å². The quantitative estimate of drug-likeness (QED) is 0.838. The van der Waals surface area contributed by atoms with E-state index in [1.165, 1.54) is 6.08 Å². The summed E-state index contributed by atoms with van der Waals surface area (Å²) < 4.78 is 0. The van der Waals surface area contributed by atoms with E-state index < -0.39 is 11.9 Å². The molecule has 3 rings (SSSR count). The van der Waals surface area contributed by atoms with Crippen molar-refractivity contribution in [3.63, 3.8) is 0 Å². The third-order valence-electron chi connectivity index (χ3n) is 3.34. The molecule has 0 atom stereocenters. The number of carbonyl (C=O) groups is 2. The number of rotatable bonds is 3. The summed E-state index contributed by atoms with van der Waals surface area (Å²) in [4.78, 5) is 22.2. The molecule has 0 saturated carbocycles. The summed E-state index contributed by atoms with van der Waals surface area (Å²) >= 11 is 0. The molecule has 4 heteroatoms. The largest absolute Gasteiger partial charge is 0.478 e. The van der Waals surface area contributed by atoms with Gasteiger partial charge in [0.1, 0.15) is 0 Å². The second-order valence-electron chi connectivity index (χ2n) is 4.47.